The molecular formula is C17H19Cl2N2O5PS. The molecule has 2 aromatic rings. The fraction of sp³-hybridized carbons (Fsp3) is 0.294. The summed E-state index contributed by atoms with van der Waals surface area (Å²) in [6.07, 6.45) is -0.145. The van der Waals surface area contributed by atoms with E-state index in [0.29, 0.717) is 10.0 Å². The van der Waals surface area contributed by atoms with Gasteiger partial charge in [-0.1, -0.05) is 35.3 Å². The molecule has 1 atom stereocenters. The van der Waals surface area contributed by atoms with Crippen molar-refractivity contribution in [2.45, 2.75) is 17.4 Å². The summed E-state index contributed by atoms with van der Waals surface area (Å²) in [5, 5.41) is 1.13. The van der Waals surface area contributed by atoms with Gasteiger partial charge in [0.25, 0.3) is 0 Å². The lowest BCUT2D eigenvalue weighted by Gasteiger charge is -2.35. The molecule has 1 aliphatic heterocycles. The Morgan fingerprint density at radius 1 is 1.21 bits per heavy atom. The van der Waals surface area contributed by atoms with Gasteiger partial charge in [0.1, 0.15) is 6.29 Å². The molecule has 0 bridgehead atoms. The smallest absolute Gasteiger partial charge is 0.324 e. The molecule has 3 N–H and O–H groups in total. The summed E-state index contributed by atoms with van der Waals surface area (Å²) in [5.74, 6) is 0. The monoisotopic (exact) mass is 464 g/mol. The van der Waals surface area contributed by atoms with Crippen LogP contribution in [0.15, 0.2) is 41.3 Å². The summed E-state index contributed by atoms with van der Waals surface area (Å²) >= 11 is 12.6. The number of benzene rings is 2. The molecule has 0 saturated carbocycles. The molecule has 0 aromatic heterocycles. The third-order valence-electron chi connectivity index (χ3n) is 4.59. The van der Waals surface area contributed by atoms with Gasteiger partial charge in [0.05, 0.1) is 10.9 Å². The minimum absolute atomic E-state index is 0.0782. The Hall–Kier alpha value is -0.960. The Morgan fingerprint density at radius 3 is 2.46 bits per heavy atom. The van der Waals surface area contributed by atoms with Crippen LogP contribution in [0, 0.1) is 0 Å². The lowest BCUT2D eigenvalue weighted by molar-refractivity contribution is 0.265. The van der Waals surface area contributed by atoms with Crippen molar-refractivity contribution in [2.75, 3.05) is 19.9 Å². The van der Waals surface area contributed by atoms with Crippen LogP contribution in [0.3, 0.4) is 0 Å². The molecule has 0 aliphatic carbocycles. The number of likely N-dealkylation sites (N-methyl/N-ethyl adjacent to an activating group) is 1. The van der Waals surface area contributed by atoms with Gasteiger partial charge in [0.15, 0.2) is 0 Å². The number of hydrogen-bond donors (Lipinski definition) is 3. The Kier molecular flexibility index (Phi) is 6.25. The molecule has 0 radical (unpaired) electrons. The molecule has 0 spiro atoms. The number of nitrogens with zero attached hydrogens (tertiary/aromatic N) is 1. The summed E-state index contributed by atoms with van der Waals surface area (Å²) < 4.78 is 37.3. The molecule has 1 heterocycles. The first-order chi connectivity index (χ1) is 13.0. The van der Waals surface area contributed by atoms with Crippen LogP contribution in [-0.2, 0) is 21.0 Å². The Morgan fingerprint density at radius 2 is 1.86 bits per heavy atom. The van der Waals surface area contributed by atoms with Crippen molar-refractivity contribution in [1.29, 1.82) is 0 Å². The highest BCUT2D eigenvalue weighted by molar-refractivity contribution is 7.89. The van der Waals surface area contributed by atoms with Crippen LogP contribution < -0.4 is 4.72 Å². The lowest BCUT2D eigenvalue weighted by atomic mass is 9.88. The van der Waals surface area contributed by atoms with E-state index in [9.17, 15) is 13.0 Å². The average molecular weight is 465 g/mol. The third-order valence-corrected chi connectivity index (χ3v) is 7.33. The van der Waals surface area contributed by atoms with Gasteiger partial charge in [-0.15, -0.1) is 0 Å². The maximum Gasteiger partial charge on any atom is 0.340 e. The molecule has 2 aromatic carbocycles. The van der Waals surface area contributed by atoms with E-state index in [1.165, 1.54) is 12.1 Å². The van der Waals surface area contributed by atoms with E-state index in [0.717, 1.165) is 29.7 Å². The number of hydrogen-bond acceptors (Lipinski definition) is 4. The maximum atomic E-state index is 12.2. The highest BCUT2D eigenvalue weighted by atomic mass is 35.5. The van der Waals surface area contributed by atoms with Gasteiger partial charge in [-0.05, 0) is 54.4 Å². The molecule has 152 valence electrons. The van der Waals surface area contributed by atoms with Gasteiger partial charge in [0, 0.05) is 16.6 Å². The molecule has 0 amide bonds. The van der Waals surface area contributed by atoms with E-state index in [2.05, 4.69) is 4.90 Å². The molecule has 1 aliphatic rings. The minimum atomic E-state index is -4.49. The summed E-state index contributed by atoms with van der Waals surface area (Å²) in [6.45, 7) is 0.790. The van der Waals surface area contributed by atoms with Crippen molar-refractivity contribution in [2.24, 2.45) is 0 Å². The van der Waals surface area contributed by atoms with E-state index in [-0.39, 0.29) is 10.9 Å². The molecular weight excluding hydrogens is 446 g/mol. The number of fused-ring (bicyclic) bond motifs is 1. The first-order valence-corrected chi connectivity index (χ1v) is 12.3. The summed E-state index contributed by atoms with van der Waals surface area (Å²) in [5.41, 5.74) is 2.84. The van der Waals surface area contributed by atoms with Crippen molar-refractivity contribution in [1.82, 2.24) is 9.62 Å². The van der Waals surface area contributed by atoms with E-state index >= 15 is 0 Å². The number of sulfonamides is 1. The molecule has 1 unspecified atom stereocenters. The first-order valence-electron chi connectivity index (χ1n) is 8.30. The highest BCUT2D eigenvalue weighted by Gasteiger charge is 2.29. The van der Waals surface area contributed by atoms with Gasteiger partial charge in [-0.25, -0.2) is 8.42 Å². The Balaban J connectivity index is 1.93. The normalized spacial score (nSPS) is 18.1. The average Bonchev–Trinajstić information content (AvgIpc) is 2.60. The predicted octanol–water partition coefficient (Wildman–Crippen LogP) is 2.98. The fourth-order valence-electron chi connectivity index (χ4n) is 3.30. The SMILES string of the molecule is CN1CCc2cc(Cl)cc(Cl)c2C1c1ccc(S(=O)(=O)NCP(=O)(O)O)cc1. The van der Waals surface area contributed by atoms with Crippen LogP contribution >= 0.6 is 30.8 Å². The third kappa shape index (κ3) is 4.78. The lowest BCUT2D eigenvalue weighted by Crippen LogP contribution is -2.33. The maximum absolute atomic E-state index is 12.2. The second-order valence-electron chi connectivity index (χ2n) is 6.63. The number of rotatable bonds is 5. The summed E-state index contributed by atoms with van der Waals surface area (Å²) in [6, 6.07) is 9.59. The zero-order valence-electron chi connectivity index (χ0n) is 14.8. The van der Waals surface area contributed by atoms with Gasteiger partial charge in [0.2, 0.25) is 10.0 Å². The van der Waals surface area contributed by atoms with Crippen LogP contribution in [0.5, 0.6) is 0 Å². The van der Waals surface area contributed by atoms with Crippen LogP contribution in [-0.4, -0.2) is 43.0 Å². The fourth-order valence-corrected chi connectivity index (χ4v) is 5.95. The first kappa shape index (κ1) is 21.7. The topological polar surface area (TPSA) is 107 Å². The molecule has 3 rings (SSSR count). The molecule has 7 nitrogen and oxygen atoms in total. The van der Waals surface area contributed by atoms with Crippen molar-refractivity contribution in [3.05, 3.63) is 63.1 Å². The van der Waals surface area contributed by atoms with Crippen LogP contribution in [0.25, 0.3) is 0 Å². The number of nitrogens with one attached hydrogen (secondary N) is 1. The van der Waals surface area contributed by atoms with Crippen LogP contribution in [0.2, 0.25) is 10.0 Å². The number of halogens is 2. The van der Waals surface area contributed by atoms with Crippen molar-refractivity contribution < 1.29 is 22.8 Å². The van der Waals surface area contributed by atoms with Crippen LogP contribution in [0.1, 0.15) is 22.7 Å². The van der Waals surface area contributed by atoms with E-state index in [1.807, 2.05) is 17.8 Å². The molecule has 28 heavy (non-hydrogen) atoms. The molecule has 0 fully saturated rings. The van der Waals surface area contributed by atoms with Gasteiger partial charge < -0.3 is 9.79 Å². The van der Waals surface area contributed by atoms with Gasteiger partial charge in [-0.2, -0.15) is 4.72 Å². The second-order valence-corrected chi connectivity index (χ2v) is 10.9. The minimum Gasteiger partial charge on any atom is -0.324 e. The molecule has 11 heteroatoms. The highest BCUT2D eigenvalue weighted by Crippen LogP contribution is 2.40. The Bertz CT molecular complexity index is 1040. The van der Waals surface area contributed by atoms with E-state index in [1.54, 1.807) is 18.2 Å². The zero-order valence-corrected chi connectivity index (χ0v) is 18.1. The quantitative estimate of drug-likeness (QED) is 0.587. The Labute approximate surface area is 173 Å². The van der Waals surface area contributed by atoms with Gasteiger partial charge >= 0.3 is 7.60 Å². The van der Waals surface area contributed by atoms with Gasteiger partial charge in [-0.3, -0.25) is 9.46 Å². The van der Waals surface area contributed by atoms with Crippen molar-refractivity contribution in [3.63, 3.8) is 0 Å². The second kappa shape index (κ2) is 8.05. The van der Waals surface area contributed by atoms with Crippen molar-refractivity contribution >= 4 is 40.8 Å². The summed E-state index contributed by atoms with van der Waals surface area (Å²) in [7, 11) is -6.56. The van der Waals surface area contributed by atoms with Crippen molar-refractivity contribution in [3.8, 4) is 0 Å². The predicted molar refractivity (Wildman–Crippen MR) is 108 cm³/mol. The van der Waals surface area contributed by atoms with E-state index < -0.39 is 23.9 Å². The largest absolute Gasteiger partial charge is 0.340 e. The van der Waals surface area contributed by atoms with Crippen LogP contribution in [0.4, 0.5) is 0 Å². The standard InChI is InChI=1S/C17H19Cl2N2O5PS/c1-21-7-6-12-8-13(18)9-15(19)16(12)17(21)11-2-4-14(5-3-11)28(25,26)20-10-27(22,23)24/h2-5,8-9,17,20H,6-7,10H2,1H3,(H2,22,23,24). The molecule has 0 saturated heterocycles. The zero-order chi connectivity index (χ0) is 20.7. The van der Waals surface area contributed by atoms with E-state index in [4.69, 9.17) is 33.0 Å². The summed E-state index contributed by atoms with van der Waals surface area (Å²) in [4.78, 5) is 19.8.